The van der Waals surface area contributed by atoms with E-state index in [1.807, 2.05) is 27.7 Å². The summed E-state index contributed by atoms with van der Waals surface area (Å²) in [5.41, 5.74) is 2.48. The molecule has 0 aliphatic heterocycles. The molecule has 0 heterocycles. The fraction of sp³-hybridized carbons (Fsp3) is 0.417. The van der Waals surface area contributed by atoms with E-state index >= 15 is 0 Å². The third-order valence-corrected chi connectivity index (χ3v) is 2.42. The molecule has 0 aliphatic carbocycles. The molecular formula is C12H17ClO2. The Morgan fingerprint density at radius 1 is 1.27 bits per heavy atom. The van der Waals surface area contributed by atoms with Gasteiger partial charge < -0.3 is 4.74 Å². The molecule has 0 bridgehead atoms. The number of aryl methyl sites for hydroxylation is 1. The Bertz CT molecular complexity index is 322. The average Bonchev–Trinajstić information content (AvgIpc) is 2.26. The van der Waals surface area contributed by atoms with Crippen molar-refractivity contribution >= 4 is 17.6 Å². The number of ether oxygens (including phenoxy) is 1. The van der Waals surface area contributed by atoms with Gasteiger partial charge in [-0.05, 0) is 37.1 Å². The monoisotopic (exact) mass is 228 g/mol. The van der Waals surface area contributed by atoms with Crippen LogP contribution in [0.3, 0.4) is 0 Å². The van der Waals surface area contributed by atoms with E-state index in [2.05, 4.69) is 4.74 Å². The summed E-state index contributed by atoms with van der Waals surface area (Å²) in [6, 6.07) is 3.39. The van der Waals surface area contributed by atoms with Gasteiger partial charge >= 0.3 is 5.97 Å². The number of rotatable bonds is 1. The van der Waals surface area contributed by atoms with E-state index in [4.69, 9.17) is 11.6 Å². The Morgan fingerprint density at radius 2 is 1.80 bits per heavy atom. The molecule has 0 saturated heterocycles. The summed E-state index contributed by atoms with van der Waals surface area (Å²) >= 11 is 5.91. The summed E-state index contributed by atoms with van der Waals surface area (Å²) < 4.78 is 4.59. The van der Waals surface area contributed by atoms with Gasteiger partial charge in [0.05, 0.1) is 12.7 Å². The zero-order valence-electron chi connectivity index (χ0n) is 9.85. The highest BCUT2D eigenvalue weighted by atomic mass is 35.5. The molecule has 84 valence electrons. The van der Waals surface area contributed by atoms with Gasteiger partial charge in [0.1, 0.15) is 0 Å². The highest BCUT2D eigenvalue weighted by Crippen LogP contribution is 2.21. The molecule has 3 heteroatoms. The summed E-state index contributed by atoms with van der Waals surface area (Å²) in [7, 11) is 1.35. The summed E-state index contributed by atoms with van der Waals surface area (Å²) in [5, 5.41) is 0.598. The molecule has 0 aliphatic rings. The Labute approximate surface area is 96.2 Å². The van der Waals surface area contributed by atoms with Gasteiger partial charge in [0.2, 0.25) is 0 Å². The molecule has 0 unspecified atom stereocenters. The minimum absolute atomic E-state index is 0.356. The van der Waals surface area contributed by atoms with Crippen LogP contribution in [0.5, 0.6) is 0 Å². The zero-order chi connectivity index (χ0) is 12.0. The van der Waals surface area contributed by atoms with Crippen molar-refractivity contribution < 1.29 is 9.53 Å². The molecule has 0 amide bonds. The maximum atomic E-state index is 11.1. The van der Waals surface area contributed by atoms with Crippen molar-refractivity contribution in [3.05, 3.63) is 33.8 Å². The minimum atomic E-state index is -0.356. The van der Waals surface area contributed by atoms with E-state index < -0.39 is 0 Å². The van der Waals surface area contributed by atoms with Crippen molar-refractivity contribution in [3.63, 3.8) is 0 Å². The van der Waals surface area contributed by atoms with Crippen LogP contribution in [0.2, 0.25) is 5.02 Å². The highest BCUT2D eigenvalue weighted by Gasteiger charge is 2.08. The first-order valence-corrected chi connectivity index (χ1v) is 5.29. The number of carbonyl (C=O) groups excluding carboxylic acids is 1. The molecule has 15 heavy (non-hydrogen) atoms. The van der Waals surface area contributed by atoms with Crippen LogP contribution < -0.4 is 0 Å². The Morgan fingerprint density at radius 3 is 2.20 bits per heavy atom. The number of hydrogen-bond donors (Lipinski definition) is 0. The van der Waals surface area contributed by atoms with Gasteiger partial charge in [0.15, 0.2) is 0 Å². The second-order valence-corrected chi connectivity index (χ2v) is 3.30. The van der Waals surface area contributed by atoms with Crippen LogP contribution in [0.15, 0.2) is 12.1 Å². The first kappa shape index (κ1) is 14.0. The van der Waals surface area contributed by atoms with Gasteiger partial charge in [0, 0.05) is 5.02 Å². The quantitative estimate of drug-likeness (QED) is 0.684. The van der Waals surface area contributed by atoms with Gasteiger partial charge in [-0.2, -0.15) is 0 Å². The van der Waals surface area contributed by atoms with Crippen LogP contribution in [0.25, 0.3) is 0 Å². The minimum Gasteiger partial charge on any atom is -0.465 e. The summed E-state index contributed by atoms with van der Waals surface area (Å²) in [6.07, 6.45) is 0. The van der Waals surface area contributed by atoms with Crippen LogP contribution in [0.4, 0.5) is 0 Å². The third-order valence-electron chi connectivity index (χ3n) is 2.03. The second-order valence-electron chi connectivity index (χ2n) is 2.89. The number of carbonyl (C=O) groups is 1. The fourth-order valence-corrected chi connectivity index (χ4v) is 1.32. The van der Waals surface area contributed by atoms with Crippen molar-refractivity contribution in [2.75, 3.05) is 7.11 Å². The fourth-order valence-electron chi connectivity index (χ4n) is 1.05. The molecule has 0 saturated carbocycles. The van der Waals surface area contributed by atoms with E-state index in [1.54, 1.807) is 12.1 Å². The lowest BCUT2D eigenvalue weighted by Gasteiger charge is -2.05. The van der Waals surface area contributed by atoms with Gasteiger partial charge in [-0.1, -0.05) is 25.4 Å². The lowest BCUT2D eigenvalue weighted by atomic mass is 10.1. The predicted molar refractivity (Wildman–Crippen MR) is 63.6 cm³/mol. The summed E-state index contributed by atoms with van der Waals surface area (Å²) in [6.45, 7) is 7.83. The molecule has 0 N–H and O–H groups in total. The van der Waals surface area contributed by atoms with Crippen molar-refractivity contribution in [3.8, 4) is 0 Å². The normalized spacial score (nSPS) is 8.93. The van der Waals surface area contributed by atoms with Crippen molar-refractivity contribution in [2.45, 2.75) is 27.7 Å². The van der Waals surface area contributed by atoms with Crippen molar-refractivity contribution in [2.24, 2.45) is 0 Å². The van der Waals surface area contributed by atoms with E-state index in [0.717, 1.165) is 11.1 Å². The lowest BCUT2D eigenvalue weighted by molar-refractivity contribution is 0.0600. The average molecular weight is 229 g/mol. The van der Waals surface area contributed by atoms with E-state index in [9.17, 15) is 4.79 Å². The Kier molecular flexibility index (Phi) is 6.02. The van der Waals surface area contributed by atoms with Crippen molar-refractivity contribution in [1.29, 1.82) is 0 Å². The van der Waals surface area contributed by atoms with Gasteiger partial charge in [-0.3, -0.25) is 0 Å². The van der Waals surface area contributed by atoms with Gasteiger partial charge in [0.25, 0.3) is 0 Å². The predicted octanol–water partition coefficient (Wildman–Crippen LogP) is 3.77. The highest BCUT2D eigenvalue weighted by molar-refractivity contribution is 6.31. The van der Waals surface area contributed by atoms with Crippen LogP contribution >= 0.6 is 11.6 Å². The van der Waals surface area contributed by atoms with Crippen molar-refractivity contribution in [1.82, 2.24) is 0 Å². The van der Waals surface area contributed by atoms with Crippen LogP contribution in [-0.2, 0) is 4.74 Å². The third kappa shape index (κ3) is 3.56. The molecule has 1 aromatic carbocycles. The largest absolute Gasteiger partial charge is 0.465 e. The Balaban J connectivity index is 0.000000921. The first-order valence-electron chi connectivity index (χ1n) is 4.91. The molecule has 0 atom stereocenters. The molecule has 0 aromatic heterocycles. The molecule has 1 rings (SSSR count). The molecule has 0 radical (unpaired) electrons. The number of methoxy groups -OCH3 is 1. The molecule has 0 fully saturated rings. The number of halogens is 1. The SMILES string of the molecule is CC.COC(=O)c1cc(C)c(C)c(Cl)c1. The van der Waals surface area contributed by atoms with Gasteiger partial charge in [-0.15, -0.1) is 0 Å². The van der Waals surface area contributed by atoms with Crippen LogP contribution in [0, 0.1) is 13.8 Å². The topological polar surface area (TPSA) is 26.3 Å². The van der Waals surface area contributed by atoms with E-state index in [0.29, 0.717) is 10.6 Å². The number of hydrogen-bond acceptors (Lipinski definition) is 2. The number of esters is 1. The second kappa shape index (κ2) is 6.46. The number of benzene rings is 1. The summed E-state index contributed by atoms with van der Waals surface area (Å²) in [4.78, 5) is 11.1. The van der Waals surface area contributed by atoms with E-state index in [1.165, 1.54) is 7.11 Å². The maximum Gasteiger partial charge on any atom is 0.337 e. The standard InChI is InChI=1S/C10H11ClO2.C2H6/c1-6-4-8(10(12)13-3)5-9(11)7(6)2;1-2/h4-5H,1-3H3;1-2H3. The van der Waals surface area contributed by atoms with E-state index in [-0.39, 0.29) is 5.97 Å². The smallest absolute Gasteiger partial charge is 0.337 e. The first-order chi connectivity index (χ1) is 7.06. The maximum absolute atomic E-state index is 11.1. The van der Waals surface area contributed by atoms with Crippen LogP contribution in [-0.4, -0.2) is 13.1 Å². The van der Waals surface area contributed by atoms with Crippen LogP contribution in [0.1, 0.15) is 35.3 Å². The Hall–Kier alpha value is -1.02. The molecule has 2 nitrogen and oxygen atoms in total. The molecule has 0 spiro atoms. The zero-order valence-corrected chi connectivity index (χ0v) is 10.6. The molecule has 1 aromatic rings. The summed E-state index contributed by atoms with van der Waals surface area (Å²) in [5.74, 6) is -0.356. The molecular weight excluding hydrogens is 212 g/mol. The van der Waals surface area contributed by atoms with Gasteiger partial charge in [-0.25, -0.2) is 4.79 Å². The lowest BCUT2D eigenvalue weighted by Crippen LogP contribution is -2.02.